The third-order valence-electron chi connectivity index (χ3n) is 2.25. The summed E-state index contributed by atoms with van der Waals surface area (Å²) in [6.45, 7) is 0. The molecule has 0 atom stereocenters. The van der Waals surface area contributed by atoms with Gasteiger partial charge in [0, 0.05) is 6.42 Å². The Hall–Kier alpha value is -1.76. The summed E-state index contributed by atoms with van der Waals surface area (Å²) in [6, 6.07) is 18.3. The summed E-state index contributed by atoms with van der Waals surface area (Å²) in [4.78, 5) is 0. The second-order valence-corrected chi connectivity index (χ2v) is 3.33. The molecule has 0 saturated carbocycles. The van der Waals surface area contributed by atoms with Crippen LogP contribution in [0.2, 0.25) is 0 Å². The quantitative estimate of drug-likeness (QED) is 0.733. The van der Waals surface area contributed by atoms with Crippen LogP contribution in [-0.2, 0) is 0 Å². The fraction of sp³-hybridized carbons (Fsp3) is 0.0714. The predicted octanol–water partition coefficient (Wildman–Crippen LogP) is 3.30. The zero-order valence-electron chi connectivity index (χ0n) is 8.68. The smallest absolute Gasteiger partial charge is 0.118 e. The highest BCUT2D eigenvalue weighted by Gasteiger charge is 1.96. The second-order valence-electron chi connectivity index (χ2n) is 3.33. The molecule has 0 aromatic heterocycles. The van der Waals surface area contributed by atoms with Crippen LogP contribution in [0, 0.1) is 6.42 Å². The molecule has 0 unspecified atom stereocenters. The molecule has 0 aliphatic carbocycles. The Balaban J connectivity index is 2.11. The Morgan fingerprint density at radius 3 is 2.00 bits per heavy atom. The average molecular weight is 197 g/mol. The van der Waals surface area contributed by atoms with E-state index in [4.69, 9.17) is 4.74 Å². The Morgan fingerprint density at radius 1 is 0.800 bits per heavy atom. The van der Waals surface area contributed by atoms with E-state index in [0.29, 0.717) is 0 Å². The van der Waals surface area contributed by atoms with Crippen LogP contribution < -0.4 is 4.74 Å². The first-order valence-corrected chi connectivity index (χ1v) is 4.92. The molecule has 2 rings (SSSR count). The van der Waals surface area contributed by atoms with Gasteiger partial charge in [0.2, 0.25) is 0 Å². The van der Waals surface area contributed by atoms with Crippen LogP contribution in [0.4, 0.5) is 0 Å². The SMILES string of the molecule is COc1ccc([CH]c2ccccc2)cc1. The van der Waals surface area contributed by atoms with Crippen molar-refractivity contribution in [2.75, 3.05) is 7.11 Å². The van der Waals surface area contributed by atoms with Crippen molar-refractivity contribution in [2.45, 2.75) is 0 Å². The molecule has 1 nitrogen and oxygen atoms in total. The van der Waals surface area contributed by atoms with Gasteiger partial charge in [-0.25, -0.2) is 0 Å². The standard InChI is InChI=1S/C14H13O/c1-15-14-9-7-13(8-10-14)11-12-5-3-2-4-6-12/h2-11H,1H3. The molecule has 0 bridgehead atoms. The zero-order valence-corrected chi connectivity index (χ0v) is 8.68. The number of benzene rings is 2. The summed E-state index contributed by atoms with van der Waals surface area (Å²) in [5.74, 6) is 0.889. The van der Waals surface area contributed by atoms with Gasteiger partial charge in [-0.1, -0.05) is 42.5 Å². The minimum Gasteiger partial charge on any atom is -0.497 e. The second kappa shape index (κ2) is 4.65. The van der Waals surface area contributed by atoms with E-state index < -0.39 is 0 Å². The van der Waals surface area contributed by atoms with Crippen molar-refractivity contribution in [1.29, 1.82) is 0 Å². The summed E-state index contributed by atoms with van der Waals surface area (Å²) >= 11 is 0. The molecule has 2 aromatic rings. The highest BCUT2D eigenvalue weighted by atomic mass is 16.5. The van der Waals surface area contributed by atoms with E-state index in [-0.39, 0.29) is 0 Å². The molecule has 0 heterocycles. The summed E-state index contributed by atoms with van der Waals surface area (Å²) in [6.07, 6.45) is 2.14. The highest BCUT2D eigenvalue weighted by Crippen LogP contribution is 2.15. The molecule has 0 N–H and O–H groups in total. The van der Waals surface area contributed by atoms with Crippen molar-refractivity contribution in [3.05, 3.63) is 72.1 Å². The van der Waals surface area contributed by atoms with Gasteiger partial charge in [-0.2, -0.15) is 0 Å². The van der Waals surface area contributed by atoms with Gasteiger partial charge in [-0.05, 0) is 23.3 Å². The van der Waals surface area contributed by atoms with Gasteiger partial charge in [0.15, 0.2) is 0 Å². The molecule has 0 spiro atoms. The van der Waals surface area contributed by atoms with Gasteiger partial charge in [0.05, 0.1) is 7.11 Å². The number of hydrogen-bond donors (Lipinski definition) is 0. The lowest BCUT2D eigenvalue weighted by atomic mass is 10.1. The Morgan fingerprint density at radius 2 is 1.40 bits per heavy atom. The maximum absolute atomic E-state index is 5.11. The fourth-order valence-electron chi connectivity index (χ4n) is 1.44. The van der Waals surface area contributed by atoms with Crippen LogP contribution in [0.3, 0.4) is 0 Å². The van der Waals surface area contributed by atoms with Crippen LogP contribution in [0.1, 0.15) is 11.1 Å². The largest absolute Gasteiger partial charge is 0.497 e. The van der Waals surface area contributed by atoms with Crippen molar-refractivity contribution >= 4 is 0 Å². The number of hydrogen-bond acceptors (Lipinski definition) is 1. The zero-order chi connectivity index (χ0) is 10.5. The van der Waals surface area contributed by atoms with Crippen molar-refractivity contribution in [1.82, 2.24) is 0 Å². The van der Waals surface area contributed by atoms with Gasteiger partial charge in [0.25, 0.3) is 0 Å². The molecule has 15 heavy (non-hydrogen) atoms. The van der Waals surface area contributed by atoms with E-state index in [1.165, 1.54) is 11.1 Å². The molecule has 2 aromatic carbocycles. The summed E-state index contributed by atoms with van der Waals surface area (Å²) in [5, 5.41) is 0. The Kier molecular flexibility index (Phi) is 3.03. The number of rotatable bonds is 3. The summed E-state index contributed by atoms with van der Waals surface area (Å²) < 4.78 is 5.11. The molecule has 75 valence electrons. The van der Waals surface area contributed by atoms with Crippen LogP contribution >= 0.6 is 0 Å². The molecule has 0 saturated heterocycles. The molecule has 0 aliphatic heterocycles. The molecular weight excluding hydrogens is 184 g/mol. The lowest BCUT2D eigenvalue weighted by Crippen LogP contribution is -1.86. The van der Waals surface area contributed by atoms with E-state index in [1.807, 2.05) is 42.5 Å². The van der Waals surface area contributed by atoms with Gasteiger partial charge in [0.1, 0.15) is 5.75 Å². The lowest BCUT2D eigenvalue weighted by molar-refractivity contribution is 0.414. The normalized spacial score (nSPS) is 9.93. The van der Waals surface area contributed by atoms with Crippen molar-refractivity contribution in [3.8, 4) is 5.75 Å². The van der Waals surface area contributed by atoms with E-state index >= 15 is 0 Å². The number of ether oxygens (including phenoxy) is 1. The minimum atomic E-state index is 0.889. The maximum Gasteiger partial charge on any atom is 0.118 e. The first-order valence-electron chi connectivity index (χ1n) is 4.92. The van der Waals surface area contributed by atoms with E-state index in [0.717, 1.165) is 5.75 Å². The van der Waals surface area contributed by atoms with Crippen molar-refractivity contribution in [2.24, 2.45) is 0 Å². The molecule has 0 aliphatic rings. The van der Waals surface area contributed by atoms with Gasteiger partial charge < -0.3 is 4.74 Å². The lowest BCUT2D eigenvalue weighted by Gasteiger charge is -2.03. The fourth-order valence-corrected chi connectivity index (χ4v) is 1.44. The summed E-state index contributed by atoms with van der Waals surface area (Å²) in [5.41, 5.74) is 2.39. The molecule has 0 amide bonds. The van der Waals surface area contributed by atoms with E-state index in [9.17, 15) is 0 Å². The molecule has 1 radical (unpaired) electrons. The van der Waals surface area contributed by atoms with Crippen molar-refractivity contribution < 1.29 is 4.74 Å². The Bertz CT molecular complexity index is 403. The number of methoxy groups -OCH3 is 1. The Labute approximate surface area is 90.3 Å². The van der Waals surface area contributed by atoms with Crippen LogP contribution in [-0.4, -0.2) is 7.11 Å². The van der Waals surface area contributed by atoms with Crippen LogP contribution in [0.25, 0.3) is 0 Å². The first kappa shape index (κ1) is 9.78. The molecular formula is C14H13O. The predicted molar refractivity (Wildman–Crippen MR) is 61.9 cm³/mol. The average Bonchev–Trinajstić information content (AvgIpc) is 2.31. The van der Waals surface area contributed by atoms with E-state index in [1.54, 1.807) is 7.11 Å². The topological polar surface area (TPSA) is 9.23 Å². The van der Waals surface area contributed by atoms with E-state index in [2.05, 4.69) is 18.6 Å². The van der Waals surface area contributed by atoms with Gasteiger partial charge in [-0.3, -0.25) is 0 Å². The minimum absolute atomic E-state index is 0.889. The van der Waals surface area contributed by atoms with Gasteiger partial charge >= 0.3 is 0 Å². The maximum atomic E-state index is 5.11. The molecule has 1 heteroatoms. The summed E-state index contributed by atoms with van der Waals surface area (Å²) in [7, 11) is 1.68. The van der Waals surface area contributed by atoms with Gasteiger partial charge in [-0.15, -0.1) is 0 Å². The third kappa shape index (κ3) is 2.59. The monoisotopic (exact) mass is 197 g/mol. The first-order chi connectivity index (χ1) is 7.38. The van der Waals surface area contributed by atoms with Crippen LogP contribution in [0.5, 0.6) is 5.75 Å². The highest BCUT2D eigenvalue weighted by molar-refractivity contribution is 5.39. The van der Waals surface area contributed by atoms with Crippen molar-refractivity contribution in [3.63, 3.8) is 0 Å². The molecule has 0 fully saturated rings. The van der Waals surface area contributed by atoms with Crippen LogP contribution in [0.15, 0.2) is 54.6 Å². The third-order valence-corrected chi connectivity index (χ3v) is 2.25.